The third kappa shape index (κ3) is 4.17. The molecule has 0 N–H and O–H groups in total. The third-order valence-electron chi connectivity index (χ3n) is 2.37. The van der Waals surface area contributed by atoms with Gasteiger partial charge in [-0.1, -0.05) is 6.07 Å². The molecule has 0 saturated heterocycles. The molecule has 0 unspecified atom stereocenters. The Bertz CT molecular complexity index is 810. The van der Waals surface area contributed by atoms with Gasteiger partial charge >= 0.3 is 6.18 Å². The van der Waals surface area contributed by atoms with E-state index in [0.29, 0.717) is 0 Å². The second-order valence-electron chi connectivity index (χ2n) is 4.21. The largest absolute Gasteiger partial charge is 0.439 e. The molecule has 1 aromatic heterocycles. The van der Waals surface area contributed by atoms with E-state index in [4.69, 9.17) is 4.74 Å². The molecule has 0 bridgehead atoms. The molecule has 0 radical (unpaired) electrons. The summed E-state index contributed by atoms with van der Waals surface area (Å²) < 4.78 is 66.0. The minimum atomic E-state index is -4.51. The van der Waals surface area contributed by atoms with E-state index in [0.717, 1.165) is 18.4 Å². The highest BCUT2D eigenvalue weighted by atomic mass is 79.9. The first kappa shape index (κ1) is 16.7. The molecule has 10 heteroatoms. The van der Waals surface area contributed by atoms with Crippen molar-refractivity contribution < 1.29 is 26.3 Å². The molecule has 0 aliphatic carbocycles. The molecule has 0 spiro atoms. The van der Waals surface area contributed by atoms with Crippen LogP contribution in [0.3, 0.4) is 0 Å². The summed E-state index contributed by atoms with van der Waals surface area (Å²) in [5.41, 5.74) is -0.888. The number of halogens is 4. The summed E-state index contributed by atoms with van der Waals surface area (Å²) in [6.45, 7) is 0. The molecule has 0 aliphatic rings. The number of hydrogen-bond donors (Lipinski definition) is 0. The van der Waals surface area contributed by atoms with Crippen LogP contribution in [0.2, 0.25) is 0 Å². The Morgan fingerprint density at radius 3 is 2.45 bits per heavy atom. The lowest BCUT2D eigenvalue weighted by atomic mass is 10.2. The van der Waals surface area contributed by atoms with Gasteiger partial charge < -0.3 is 4.74 Å². The minimum Gasteiger partial charge on any atom is -0.439 e. The predicted molar refractivity (Wildman–Crippen MR) is 74.4 cm³/mol. The Morgan fingerprint density at radius 1 is 1.18 bits per heavy atom. The molecule has 0 fully saturated rings. The van der Waals surface area contributed by atoms with Crippen LogP contribution in [-0.4, -0.2) is 24.6 Å². The molecule has 1 aromatic carbocycles. The predicted octanol–water partition coefficient (Wildman–Crippen LogP) is 3.45. The molecule has 0 atom stereocenters. The zero-order valence-electron chi connectivity index (χ0n) is 10.9. The lowest BCUT2D eigenvalue weighted by Gasteiger charge is -2.10. The molecular formula is C12H8BrF3N2O3S. The first-order valence-corrected chi connectivity index (χ1v) is 8.34. The van der Waals surface area contributed by atoms with E-state index in [2.05, 4.69) is 25.9 Å². The summed E-state index contributed by atoms with van der Waals surface area (Å²) in [7, 11) is -3.68. The van der Waals surface area contributed by atoms with Gasteiger partial charge in [-0.2, -0.15) is 18.2 Å². The number of alkyl halides is 3. The lowest BCUT2D eigenvalue weighted by Crippen LogP contribution is -2.06. The average molecular weight is 397 g/mol. The topological polar surface area (TPSA) is 69.2 Å². The Morgan fingerprint density at radius 2 is 1.86 bits per heavy atom. The summed E-state index contributed by atoms with van der Waals surface area (Å²) in [4.78, 5) is 7.32. The maximum Gasteiger partial charge on any atom is 0.416 e. The van der Waals surface area contributed by atoms with Crippen molar-refractivity contribution in [2.75, 3.05) is 6.26 Å². The highest BCUT2D eigenvalue weighted by molar-refractivity contribution is 9.10. The second kappa shape index (κ2) is 5.84. The first-order valence-electron chi connectivity index (χ1n) is 5.65. The van der Waals surface area contributed by atoms with Gasteiger partial charge in [-0.25, -0.2) is 13.4 Å². The van der Waals surface area contributed by atoms with Crippen molar-refractivity contribution in [1.82, 2.24) is 9.97 Å². The molecular weight excluding hydrogens is 389 g/mol. The second-order valence-corrected chi connectivity index (χ2v) is 6.93. The molecule has 2 aromatic rings. The molecule has 2 rings (SSSR count). The van der Waals surface area contributed by atoms with Crippen molar-refractivity contribution in [2.24, 2.45) is 0 Å². The number of sulfone groups is 1. The van der Waals surface area contributed by atoms with E-state index in [1.165, 1.54) is 18.2 Å². The van der Waals surface area contributed by atoms with Crippen molar-refractivity contribution in [3.8, 4) is 11.6 Å². The van der Waals surface area contributed by atoms with E-state index < -0.39 is 26.7 Å². The van der Waals surface area contributed by atoms with E-state index in [9.17, 15) is 21.6 Å². The van der Waals surface area contributed by atoms with Crippen LogP contribution in [0.5, 0.6) is 11.6 Å². The summed E-state index contributed by atoms with van der Waals surface area (Å²) >= 11 is 2.99. The molecule has 0 aliphatic heterocycles. The number of hydrogen-bond acceptors (Lipinski definition) is 5. The van der Waals surface area contributed by atoms with Gasteiger partial charge in [0, 0.05) is 12.3 Å². The van der Waals surface area contributed by atoms with E-state index in [-0.39, 0.29) is 16.2 Å². The Labute approximate surface area is 132 Å². The fourth-order valence-electron chi connectivity index (χ4n) is 1.45. The molecule has 0 amide bonds. The van der Waals surface area contributed by atoms with Crippen molar-refractivity contribution in [2.45, 2.75) is 11.3 Å². The quantitative estimate of drug-likeness (QED) is 0.586. The fourth-order valence-corrected chi connectivity index (χ4v) is 2.45. The molecule has 22 heavy (non-hydrogen) atoms. The number of ether oxygens (including phenoxy) is 1. The van der Waals surface area contributed by atoms with Crippen LogP contribution in [0.1, 0.15) is 5.56 Å². The average Bonchev–Trinajstić information content (AvgIpc) is 2.36. The van der Waals surface area contributed by atoms with Gasteiger partial charge in [0.1, 0.15) is 10.4 Å². The molecule has 1 heterocycles. The highest BCUT2D eigenvalue weighted by Gasteiger charge is 2.30. The van der Waals surface area contributed by atoms with Gasteiger partial charge in [-0.05, 0) is 34.1 Å². The normalized spacial score (nSPS) is 12.2. The van der Waals surface area contributed by atoms with Crippen LogP contribution in [0.15, 0.2) is 40.1 Å². The maximum atomic E-state index is 12.6. The monoisotopic (exact) mass is 396 g/mol. The SMILES string of the molecule is CS(=O)(=O)c1nc(Br)cc(Oc2cccc(C(F)(F)F)c2)n1. The van der Waals surface area contributed by atoms with Gasteiger partial charge in [0.05, 0.1) is 5.56 Å². The van der Waals surface area contributed by atoms with Crippen molar-refractivity contribution in [3.05, 3.63) is 40.5 Å². The fraction of sp³-hybridized carbons (Fsp3) is 0.167. The Balaban J connectivity index is 2.38. The number of rotatable bonds is 3. The Hall–Kier alpha value is -1.68. The van der Waals surface area contributed by atoms with Crippen LogP contribution in [0.25, 0.3) is 0 Å². The van der Waals surface area contributed by atoms with E-state index in [1.54, 1.807) is 0 Å². The van der Waals surface area contributed by atoms with Crippen molar-refractivity contribution in [1.29, 1.82) is 0 Å². The number of benzene rings is 1. The smallest absolute Gasteiger partial charge is 0.416 e. The minimum absolute atomic E-state index is 0.125. The Kier molecular flexibility index (Phi) is 4.43. The summed E-state index contributed by atoms with van der Waals surface area (Å²) in [5, 5.41) is -0.496. The summed E-state index contributed by atoms with van der Waals surface area (Å²) in [6.07, 6.45) is -3.60. The number of nitrogens with zero attached hydrogens (tertiary/aromatic N) is 2. The lowest BCUT2D eigenvalue weighted by molar-refractivity contribution is -0.137. The summed E-state index contributed by atoms with van der Waals surface area (Å²) in [5.74, 6) is -0.318. The van der Waals surface area contributed by atoms with Crippen LogP contribution < -0.4 is 4.74 Å². The van der Waals surface area contributed by atoms with Gasteiger partial charge in [0.15, 0.2) is 0 Å². The zero-order valence-corrected chi connectivity index (χ0v) is 13.3. The van der Waals surface area contributed by atoms with Gasteiger partial charge in [0.25, 0.3) is 5.16 Å². The van der Waals surface area contributed by atoms with Crippen LogP contribution in [0, 0.1) is 0 Å². The highest BCUT2D eigenvalue weighted by Crippen LogP contribution is 2.32. The van der Waals surface area contributed by atoms with Crippen molar-refractivity contribution in [3.63, 3.8) is 0 Å². The molecule has 0 saturated carbocycles. The van der Waals surface area contributed by atoms with E-state index in [1.807, 2.05) is 0 Å². The van der Waals surface area contributed by atoms with Gasteiger partial charge in [0.2, 0.25) is 15.7 Å². The van der Waals surface area contributed by atoms with Gasteiger partial charge in [-0.3, -0.25) is 0 Å². The van der Waals surface area contributed by atoms with Gasteiger partial charge in [-0.15, -0.1) is 0 Å². The third-order valence-corrected chi connectivity index (χ3v) is 3.62. The van der Waals surface area contributed by atoms with Crippen LogP contribution in [-0.2, 0) is 16.0 Å². The van der Waals surface area contributed by atoms with Crippen molar-refractivity contribution >= 4 is 25.8 Å². The molecule has 5 nitrogen and oxygen atoms in total. The first-order chi connectivity index (χ1) is 10.1. The van der Waals surface area contributed by atoms with E-state index >= 15 is 0 Å². The number of aromatic nitrogens is 2. The van der Waals surface area contributed by atoms with Crippen LogP contribution in [0.4, 0.5) is 13.2 Å². The standard InChI is InChI=1S/C12H8BrF3N2O3S/c1-22(19,20)11-17-9(13)6-10(18-11)21-8-4-2-3-7(5-8)12(14,15)16/h2-6H,1H3. The zero-order chi connectivity index (χ0) is 16.5. The summed E-state index contributed by atoms with van der Waals surface area (Å²) in [6, 6.07) is 5.40. The molecule has 118 valence electrons. The maximum absolute atomic E-state index is 12.6. The van der Waals surface area contributed by atoms with Crippen LogP contribution >= 0.6 is 15.9 Å².